The van der Waals surface area contributed by atoms with Crippen molar-refractivity contribution in [1.82, 2.24) is 9.97 Å². The molecule has 0 aliphatic heterocycles. The molecule has 4 nitrogen and oxygen atoms in total. The number of nitrogens with zero attached hydrogens (tertiary/aromatic N) is 2. The Morgan fingerprint density at radius 3 is 2.63 bits per heavy atom. The molecule has 0 aliphatic carbocycles. The summed E-state index contributed by atoms with van der Waals surface area (Å²) in [5.74, 6) is 0.743. The van der Waals surface area contributed by atoms with Crippen LogP contribution in [0.2, 0.25) is 0 Å². The van der Waals surface area contributed by atoms with Crippen molar-refractivity contribution in [2.45, 2.75) is 32.4 Å². The van der Waals surface area contributed by atoms with Crippen LogP contribution in [0.1, 0.15) is 18.2 Å². The molecule has 19 heavy (non-hydrogen) atoms. The minimum absolute atomic E-state index is 0.0745. The molecule has 0 saturated heterocycles. The molecule has 0 saturated carbocycles. The zero-order valence-corrected chi connectivity index (χ0v) is 11.2. The van der Waals surface area contributed by atoms with Gasteiger partial charge >= 0.3 is 0 Å². The van der Waals surface area contributed by atoms with Gasteiger partial charge in [0.1, 0.15) is 12.1 Å². The van der Waals surface area contributed by atoms with Gasteiger partial charge in [-0.3, -0.25) is 0 Å². The van der Waals surface area contributed by atoms with Crippen LogP contribution in [0.4, 0.5) is 5.82 Å². The van der Waals surface area contributed by atoms with Crippen molar-refractivity contribution in [2.75, 3.05) is 5.32 Å². The molecule has 2 aromatic rings. The molecular weight excluding hydrogens is 238 g/mol. The molecule has 0 spiro atoms. The normalized spacial score (nSPS) is 13.8. The molecule has 0 amide bonds. The van der Waals surface area contributed by atoms with Gasteiger partial charge in [-0.2, -0.15) is 0 Å². The lowest BCUT2D eigenvalue weighted by Gasteiger charge is -2.21. The first-order chi connectivity index (χ1) is 9.15. The van der Waals surface area contributed by atoms with Crippen molar-refractivity contribution in [3.63, 3.8) is 0 Å². The first kappa shape index (κ1) is 13.5. The monoisotopic (exact) mass is 257 g/mol. The smallest absolute Gasteiger partial charge is 0.129 e. The lowest BCUT2D eigenvalue weighted by atomic mass is 10.0. The standard InChI is InChI=1S/C15H19N3O/c1-11-8-15(17-10-16-11)18-12(2)14(19)9-13-6-4-3-5-7-13/h3-8,10,12,14,19H,9H2,1-2H3,(H,16,17,18). The number of benzene rings is 1. The van der Waals surface area contributed by atoms with E-state index in [0.29, 0.717) is 6.42 Å². The Hall–Kier alpha value is -1.94. The first-order valence-corrected chi connectivity index (χ1v) is 6.42. The fourth-order valence-electron chi connectivity index (χ4n) is 1.90. The van der Waals surface area contributed by atoms with Gasteiger partial charge in [-0.15, -0.1) is 0 Å². The summed E-state index contributed by atoms with van der Waals surface area (Å²) < 4.78 is 0. The molecule has 2 N–H and O–H groups in total. The summed E-state index contributed by atoms with van der Waals surface area (Å²) in [7, 11) is 0. The molecule has 0 radical (unpaired) electrons. The Kier molecular flexibility index (Phi) is 4.47. The number of hydrogen-bond donors (Lipinski definition) is 2. The molecule has 1 aromatic carbocycles. The van der Waals surface area contributed by atoms with Gasteiger partial charge < -0.3 is 10.4 Å². The van der Waals surface area contributed by atoms with Crippen LogP contribution in [-0.4, -0.2) is 27.2 Å². The summed E-state index contributed by atoms with van der Waals surface area (Å²) in [6, 6.07) is 11.8. The quantitative estimate of drug-likeness (QED) is 0.862. The van der Waals surface area contributed by atoms with Crippen LogP contribution in [0.5, 0.6) is 0 Å². The fraction of sp³-hybridized carbons (Fsp3) is 0.333. The molecule has 0 bridgehead atoms. The lowest BCUT2D eigenvalue weighted by Crippen LogP contribution is -2.32. The molecule has 2 unspecified atom stereocenters. The molecule has 1 heterocycles. The highest BCUT2D eigenvalue weighted by molar-refractivity contribution is 5.35. The maximum absolute atomic E-state index is 10.2. The van der Waals surface area contributed by atoms with Gasteiger partial charge in [0.05, 0.1) is 12.1 Å². The van der Waals surface area contributed by atoms with E-state index in [4.69, 9.17) is 0 Å². The van der Waals surface area contributed by atoms with E-state index < -0.39 is 6.10 Å². The van der Waals surface area contributed by atoms with Crippen molar-refractivity contribution in [3.8, 4) is 0 Å². The van der Waals surface area contributed by atoms with Crippen LogP contribution in [0.25, 0.3) is 0 Å². The van der Waals surface area contributed by atoms with E-state index in [0.717, 1.165) is 17.1 Å². The van der Waals surface area contributed by atoms with E-state index in [1.807, 2.05) is 50.2 Å². The Morgan fingerprint density at radius 1 is 1.21 bits per heavy atom. The van der Waals surface area contributed by atoms with Crippen molar-refractivity contribution in [2.24, 2.45) is 0 Å². The van der Waals surface area contributed by atoms with E-state index in [-0.39, 0.29) is 6.04 Å². The van der Waals surface area contributed by atoms with Crippen LogP contribution in [-0.2, 0) is 6.42 Å². The van der Waals surface area contributed by atoms with E-state index in [1.54, 1.807) is 0 Å². The highest BCUT2D eigenvalue weighted by Crippen LogP contribution is 2.10. The highest BCUT2D eigenvalue weighted by Gasteiger charge is 2.15. The summed E-state index contributed by atoms with van der Waals surface area (Å²) in [4.78, 5) is 8.18. The summed E-state index contributed by atoms with van der Waals surface area (Å²) in [6.07, 6.45) is 1.69. The number of aromatic nitrogens is 2. The summed E-state index contributed by atoms with van der Waals surface area (Å²) in [5, 5.41) is 13.4. The maximum Gasteiger partial charge on any atom is 0.129 e. The molecule has 0 fully saturated rings. The van der Waals surface area contributed by atoms with Gasteiger partial charge in [-0.05, 0) is 19.4 Å². The van der Waals surface area contributed by atoms with Crippen LogP contribution < -0.4 is 5.32 Å². The van der Waals surface area contributed by atoms with Crippen LogP contribution in [0.15, 0.2) is 42.7 Å². The van der Waals surface area contributed by atoms with E-state index in [1.165, 1.54) is 6.33 Å². The van der Waals surface area contributed by atoms with Gasteiger partial charge in [0.2, 0.25) is 0 Å². The molecule has 2 atom stereocenters. The third-order valence-electron chi connectivity index (χ3n) is 3.04. The lowest BCUT2D eigenvalue weighted by molar-refractivity contribution is 0.158. The second-order valence-corrected chi connectivity index (χ2v) is 4.73. The fourth-order valence-corrected chi connectivity index (χ4v) is 1.90. The highest BCUT2D eigenvalue weighted by atomic mass is 16.3. The van der Waals surface area contributed by atoms with Gasteiger partial charge in [-0.25, -0.2) is 9.97 Å². The van der Waals surface area contributed by atoms with E-state index in [2.05, 4.69) is 15.3 Å². The van der Waals surface area contributed by atoms with Crippen LogP contribution >= 0.6 is 0 Å². The second kappa shape index (κ2) is 6.29. The number of rotatable bonds is 5. The number of anilines is 1. The largest absolute Gasteiger partial charge is 0.391 e. The van der Waals surface area contributed by atoms with E-state index in [9.17, 15) is 5.11 Å². The molecule has 0 aliphatic rings. The third kappa shape index (κ3) is 4.03. The predicted molar refractivity (Wildman–Crippen MR) is 76.0 cm³/mol. The molecule has 100 valence electrons. The van der Waals surface area contributed by atoms with Gasteiger partial charge in [0.15, 0.2) is 0 Å². The number of hydrogen-bond acceptors (Lipinski definition) is 4. The van der Waals surface area contributed by atoms with Crippen molar-refractivity contribution >= 4 is 5.82 Å². The average molecular weight is 257 g/mol. The van der Waals surface area contributed by atoms with Gasteiger partial charge in [0, 0.05) is 18.2 Å². The summed E-state index contributed by atoms with van der Waals surface area (Å²) in [5.41, 5.74) is 2.03. The number of nitrogens with one attached hydrogen (secondary N) is 1. The maximum atomic E-state index is 10.2. The van der Waals surface area contributed by atoms with Crippen LogP contribution in [0, 0.1) is 6.92 Å². The van der Waals surface area contributed by atoms with Crippen molar-refractivity contribution in [1.29, 1.82) is 0 Å². The molecule has 1 aromatic heterocycles. The third-order valence-corrected chi connectivity index (χ3v) is 3.04. The van der Waals surface area contributed by atoms with Crippen molar-refractivity contribution < 1.29 is 5.11 Å². The minimum atomic E-state index is -0.460. The molecule has 4 heteroatoms. The SMILES string of the molecule is Cc1cc(NC(C)C(O)Cc2ccccc2)ncn1. The number of aliphatic hydroxyl groups is 1. The topological polar surface area (TPSA) is 58.0 Å². The zero-order chi connectivity index (χ0) is 13.7. The van der Waals surface area contributed by atoms with Gasteiger partial charge in [0.25, 0.3) is 0 Å². The summed E-state index contributed by atoms with van der Waals surface area (Å²) in [6.45, 7) is 3.86. The predicted octanol–water partition coefficient (Wildman–Crippen LogP) is 2.19. The number of aliphatic hydroxyl groups excluding tert-OH is 1. The second-order valence-electron chi connectivity index (χ2n) is 4.73. The Bertz CT molecular complexity index is 516. The minimum Gasteiger partial charge on any atom is -0.391 e. The number of aryl methyl sites for hydroxylation is 1. The van der Waals surface area contributed by atoms with E-state index >= 15 is 0 Å². The average Bonchev–Trinajstić information content (AvgIpc) is 2.40. The Morgan fingerprint density at radius 2 is 1.95 bits per heavy atom. The Labute approximate surface area is 113 Å². The molecule has 2 rings (SSSR count). The van der Waals surface area contributed by atoms with Gasteiger partial charge in [-0.1, -0.05) is 30.3 Å². The zero-order valence-electron chi connectivity index (χ0n) is 11.2. The van der Waals surface area contributed by atoms with Crippen LogP contribution in [0.3, 0.4) is 0 Å². The molecular formula is C15H19N3O. The van der Waals surface area contributed by atoms with Crippen molar-refractivity contribution in [3.05, 3.63) is 54.0 Å². The summed E-state index contributed by atoms with van der Waals surface area (Å²) >= 11 is 0. The first-order valence-electron chi connectivity index (χ1n) is 6.42. The Balaban J connectivity index is 1.94.